The molecule has 0 spiro atoms. The zero-order chi connectivity index (χ0) is 14.2. The molecule has 2 aliphatic heterocycles. The summed E-state index contributed by atoms with van der Waals surface area (Å²) in [6, 6.07) is 7.27. The number of piperidine rings is 1. The Morgan fingerprint density at radius 2 is 2.10 bits per heavy atom. The molecule has 0 saturated carbocycles. The van der Waals surface area contributed by atoms with Gasteiger partial charge in [-0.05, 0) is 63.9 Å². The number of oxazole rings is 1. The number of nitrogens with zero attached hydrogens (tertiary/aromatic N) is 2. The van der Waals surface area contributed by atoms with E-state index in [2.05, 4.69) is 35.3 Å². The van der Waals surface area contributed by atoms with Gasteiger partial charge in [0.1, 0.15) is 5.52 Å². The van der Waals surface area contributed by atoms with E-state index >= 15 is 0 Å². The fourth-order valence-corrected chi connectivity index (χ4v) is 3.88. The largest absolute Gasteiger partial charge is 0.439 e. The van der Waals surface area contributed by atoms with Gasteiger partial charge in [0.25, 0.3) is 0 Å². The molecule has 4 nitrogen and oxygen atoms in total. The lowest BCUT2D eigenvalue weighted by Crippen LogP contribution is -2.42. The second-order valence-corrected chi connectivity index (χ2v) is 6.35. The molecule has 112 valence electrons. The van der Waals surface area contributed by atoms with Crippen molar-refractivity contribution in [3.63, 3.8) is 0 Å². The van der Waals surface area contributed by atoms with Crippen LogP contribution in [-0.2, 0) is 0 Å². The monoisotopic (exact) mass is 285 g/mol. The molecular weight excluding hydrogens is 262 g/mol. The zero-order valence-electron chi connectivity index (χ0n) is 12.6. The zero-order valence-corrected chi connectivity index (χ0v) is 12.6. The van der Waals surface area contributed by atoms with Gasteiger partial charge in [-0.15, -0.1) is 0 Å². The maximum Gasteiger partial charge on any atom is 0.212 e. The summed E-state index contributed by atoms with van der Waals surface area (Å²) < 4.78 is 6.14. The number of nitrogens with one attached hydrogen (secondary N) is 1. The van der Waals surface area contributed by atoms with Crippen LogP contribution in [0, 0.1) is 6.92 Å². The van der Waals surface area contributed by atoms with E-state index < -0.39 is 0 Å². The van der Waals surface area contributed by atoms with Crippen LogP contribution in [-0.4, -0.2) is 35.6 Å². The van der Waals surface area contributed by atoms with Crippen molar-refractivity contribution in [3.8, 4) is 0 Å². The van der Waals surface area contributed by atoms with Crippen LogP contribution in [0.4, 0.5) is 0 Å². The van der Waals surface area contributed by atoms with Crippen molar-refractivity contribution in [2.45, 2.75) is 44.7 Å². The Morgan fingerprint density at radius 1 is 1.24 bits per heavy atom. The molecule has 1 aromatic heterocycles. The molecule has 1 unspecified atom stereocenters. The average Bonchev–Trinajstić information content (AvgIpc) is 3.15. The Kier molecular flexibility index (Phi) is 3.43. The molecule has 2 saturated heterocycles. The number of aryl methyl sites for hydroxylation is 1. The molecule has 0 amide bonds. The first-order chi connectivity index (χ1) is 10.3. The van der Waals surface area contributed by atoms with Crippen molar-refractivity contribution in [2.24, 2.45) is 0 Å². The van der Waals surface area contributed by atoms with Gasteiger partial charge in [-0.2, -0.15) is 0 Å². The second-order valence-electron chi connectivity index (χ2n) is 6.35. The first-order valence-corrected chi connectivity index (χ1v) is 8.15. The first-order valence-electron chi connectivity index (χ1n) is 8.15. The Balaban J connectivity index is 1.64. The normalized spacial score (nSPS) is 24.9. The quantitative estimate of drug-likeness (QED) is 0.921. The van der Waals surface area contributed by atoms with Crippen molar-refractivity contribution < 1.29 is 4.42 Å². The number of likely N-dealkylation sites (tertiary alicyclic amines) is 1. The molecule has 0 radical (unpaired) electrons. The average molecular weight is 285 g/mol. The molecule has 0 bridgehead atoms. The van der Waals surface area contributed by atoms with E-state index in [0.717, 1.165) is 30.1 Å². The van der Waals surface area contributed by atoms with E-state index in [4.69, 9.17) is 9.40 Å². The lowest BCUT2D eigenvalue weighted by atomic mass is 10.0. The van der Waals surface area contributed by atoms with Crippen molar-refractivity contribution >= 4 is 11.1 Å². The molecule has 2 fully saturated rings. The number of hydrogen-bond donors (Lipinski definition) is 1. The van der Waals surface area contributed by atoms with E-state index in [-0.39, 0.29) is 0 Å². The molecule has 4 heteroatoms. The molecule has 1 atom stereocenters. The third-order valence-corrected chi connectivity index (χ3v) is 4.99. The van der Waals surface area contributed by atoms with Crippen molar-refractivity contribution in [2.75, 3.05) is 19.6 Å². The highest BCUT2D eigenvalue weighted by Crippen LogP contribution is 2.36. The highest BCUT2D eigenvalue weighted by molar-refractivity contribution is 5.76. The summed E-state index contributed by atoms with van der Waals surface area (Å²) in [7, 11) is 0. The Morgan fingerprint density at radius 3 is 2.90 bits per heavy atom. The third-order valence-electron chi connectivity index (χ3n) is 4.99. The fourth-order valence-electron chi connectivity index (χ4n) is 3.88. The van der Waals surface area contributed by atoms with Gasteiger partial charge < -0.3 is 9.73 Å². The summed E-state index contributed by atoms with van der Waals surface area (Å²) in [4.78, 5) is 7.42. The number of benzene rings is 1. The van der Waals surface area contributed by atoms with Gasteiger partial charge in [-0.1, -0.05) is 12.1 Å². The number of para-hydroxylation sites is 1. The SMILES string of the molecule is Cc1cccc2nc(C3CCCN3C3CCNCC3)oc12. The van der Waals surface area contributed by atoms with Crippen molar-refractivity contribution in [1.29, 1.82) is 0 Å². The van der Waals surface area contributed by atoms with E-state index in [0.29, 0.717) is 12.1 Å². The Labute approximate surface area is 125 Å². The molecule has 4 rings (SSSR count). The van der Waals surface area contributed by atoms with Gasteiger partial charge in [-0.25, -0.2) is 4.98 Å². The summed E-state index contributed by atoms with van der Waals surface area (Å²) in [5.41, 5.74) is 3.14. The predicted octanol–water partition coefficient (Wildman–Crippen LogP) is 3.03. The maximum absolute atomic E-state index is 6.14. The molecule has 3 heterocycles. The van der Waals surface area contributed by atoms with Crippen LogP contribution in [0.2, 0.25) is 0 Å². The standard InChI is InChI=1S/C17H23N3O/c1-12-4-2-5-14-16(12)21-17(19-14)15-6-3-11-20(15)13-7-9-18-10-8-13/h2,4-5,13,15,18H,3,6-11H2,1H3. The van der Waals surface area contributed by atoms with E-state index in [1.807, 2.05) is 0 Å². The fraction of sp³-hybridized carbons (Fsp3) is 0.588. The summed E-state index contributed by atoms with van der Waals surface area (Å²) in [5, 5.41) is 3.46. The lowest BCUT2D eigenvalue weighted by molar-refractivity contribution is 0.132. The van der Waals surface area contributed by atoms with Crippen LogP contribution >= 0.6 is 0 Å². The Bertz CT molecular complexity index is 630. The van der Waals surface area contributed by atoms with Crippen LogP contribution in [0.3, 0.4) is 0 Å². The minimum Gasteiger partial charge on any atom is -0.439 e. The van der Waals surface area contributed by atoms with Gasteiger partial charge in [0.2, 0.25) is 5.89 Å². The third kappa shape index (κ3) is 2.36. The summed E-state index contributed by atoms with van der Waals surface area (Å²) in [6.07, 6.45) is 4.92. The van der Waals surface area contributed by atoms with Gasteiger partial charge in [0.05, 0.1) is 6.04 Å². The van der Waals surface area contributed by atoms with Crippen LogP contribution < -0.4 is 5.32 Å². The minimum absolute atomic E-state index is 0.375. The molecule has 2 aliphatic rings. The van der Waals surface area contributed by atoms with Crippen LogP contribution in [0.5, 0.6) is 0 Å². The lowest BCUT2D eigenvalue weighted by Gasteiger charge is -2.34. The van der Waals surface area contributed by atoms with Gasteiger partial charge >= 0.3 is 0 Å². The second kappa shape index (κ2) is 5.43. The number of hydrogen-bond acceptors (Lipinski definition) is 4. The molecule has 1 N–H and O–H groups in total. The molecular formula is C17H23N3O. The molecule has 2 aromatic rings. The van der Waals surface area contributed by atoms with Gasteiger partial charge in [0.15, 0.2) is 5.58 Å². The van der Waals surface area contributed by atoms with Crippen LogP contribution in [0.1, 0.15) is 43.2 Å². The van der Waals surface area contributed by atoms with E-state index in [1.54, 1.807) is 0 Å². The first kappa shape index (κ1) is 13.3. The van der Waals surface area contributed by atoms with Gasteiger partial charge in [0, 0.05) is 6.04 Å². The predicted molar refractivity (Wildman–Crippen MR) is 83.3 cm³/mol. The molecule has 0 aliphatic carbocycles. The highest BCUT2D eigenvalue weighted by Gasteiger charge is 2.35. The molecule has 21 heavy (non-hydrogen) atoms. The van der Waals surface area contributed by atoms with Gasteiger partial charge in [-0.3, -0.25) is 4.90 Å². The van der Waals surface area contributed by atoms with Crippen LogP contribution in [0.25, 0.3) is 11.1 Å². The number of aromatic nitrogens is 1. The van der Waals surface area contributed by atoms with Crippen LogP contribution in [0.15, 0.2) is 22.6 Å². The summed E-state index contributed by atoms with van der Waals surface area (Å²) >= 11 is 0. The van der Waals surface area contributed by atoms with E-state index in [9.17, 15) is 0 Å². The number of rotatable bonds is 2. The summed E-state index contributed by atoms with van der Waals surface area (Å²) in [5.74, 6) is 0.926. The smallest absolute Gasteiger partial charge is 0.212 e. The van der Waals surface area contributed by atoms with Crippen molar-refractivity contribution in [1.82, 2.24) is 15.2 Å². The summed E-state index contributed by atoms with van der Waals surface area (Å²) in [6.45, 7) is 5.56. The number of fused-ring (bicyclic) bond motifs is 1. The highest BCUT2D eigenvalue weighted by atomic mass is 16.4. The molecule has 1 aromatic carbocycles. The topological polar surface area (TPSA) is 41.3 Å². The maximum atomic E-state index is 6.14. The van der Waals surface area contributed by atoms with E-state index in [1.165, 1.54) is 37.8 Å². The Hall–Kier alpha value is -1.39. The van der Waals surface area contributed by atoms with Crippen molar-refractivity contribution in [3.05, 3.63) is 29.7 Å². The minimum atomic E-state index is 0.375.